The van der Waals surface area contributed by atoms with E-state index in [1.54, 1.807) is 13.0 Å². The van der Waals surface area contributed by atoms with Crippen LogP contribution in [0.3, 0.4) is 0 Å². The van der Waals surface area contributed by atoms with Gasteiger partial charge in [-0.1, -0.05) is 54.8 Å². The van der Waals surface area contributed by atoms with Crippen LogP contribution in [0.15, 0.2) is 42.5 Å². The second-order valence-electron chi connectivity index (χ2n) is 8.41. The van der Waals surface area contributed by atoms with E-state index in [4.69, 9.17) is 16.3 Å². The molecule has 0 spiro atoms. The van der Waals surface area contributed by atoms with Gasteiger partial charge in [0.1, 0.15) is 18.3 Å². The molecule has 1 atom stereocenters. The first-order valence-corrected chi connectivity index (χ1v) is 13.6. The van der Waals surface area contributed by atoms with Crippen LogP contribution in [0.2, 0.25) is 5.02 Å². The number of hydrogen-bond donors (Lipinski definition) is 1. The topological polar surface area (TPSA) is 96.0 Å². The number of sulfonamides is 1. The molecule has 0 bridgehead atoms. The summed E-state index contributed by atoms with van der Waals surface area (Å²) < 4.78 is 31.7. The molecule has 0 saturated heterocycles. The molecule has 0 radical (unpaired) electrons. The Labute approximate surface area is 213 Å². The second kappa shape index (κ2) is 12.8. The highest BCUT2D eigenvalue weighted by atomic mass is 35.5. The molecule has 0 aliphatic rings. The van der Waals surface area contributed by atoms with Gasteiger partial charge in [0.15, 0.2) is 0 Å². The Kier molecular flexibility index (Phi) is 10.4. The zero-order valence-corrected chi connectivity index (χ0v) is 22.4. The minimum absolute atomic E-state index is 0.145. The first-order valence-electron chi connectivity index (χ1n) is 11.4. The average Bonchev–Trinajstić information content (AvgIpc) is 2.80. The van der Waals surface area contributed by atoms with Gasteiger partial charge in [-0.3, -0.25) is 13.9 Å². The van der Waals surface area contributed by atoms with Gasteiger partial charge in [-0.05, 0) is 44.0 Å². The fourth-order valence-corrected chi connectivity index (χ4v) is 4.47. The predicted octanol–water partition coefficient (Wildman–Crippen LogP) is 3.76. The molecular weight excluding hydrogens is 490 g/mol. The molecule has 0 fully saturated rings. The molecule has 8 nitrogen and oxygen atoms in total. The molecular formula is C25H34ClN3O5S. The lowest BCUT2D eigenvalue weighted by molar-refractivity contribution is -0.139. The van der Waals surface area contributed by atoms with E-state index in [-0.39, 0.29) is 23.9 Å². The number of carbonyl (C=O) groups is 2. The number of ether oxygens (including phenoxy) is 1. The summed E-state index contributed by atoms with van der Waals surface area (Å²) in [6, 6.07) is 11.3. The first kappa shape index (κ1) is 28.5. The fourth-order valence-electron chi connectivity index (χ4n) is 3.46. The number of carbonyl (C=O) groups excluding carboxylic acids is 2. The van der Waals surface area contributed by atoms with Gasteiger partial charge in [0.25, 0.3) is 0 Å². The summed E-state index contributed by atoms with van der Waals surface area (Å²) in [6.45, 7) is 5.74. The molecule has 0 aliphatic carbocycles. The van der Waals surface area contributed by atoms with Crippen molar-refractivity contribution < 1.29 is 22.7 Å². The third-order valence-corrected chi connectivity index (χ3v) is 6.92. The lowest BCUT2D eigenvalue weighted by atomic mass is 10.1. The largest absolute Gasteiger partial charge is 0.495 e. The molecule has 10 heteroatoms. The average molecular weight is 524 g/mol. The molecule has 2 aromatic rings. The highest BCUT2D eigenvalue weighted by molar-refractivity contribution is 7.92. The summed E-state index contributed by atoms with van der Waals surface area (Å²) in [5.74, 6) is -0.579. The summed E-state index contributed by atoms with van der Waals surface area (Å²) in [7, 11) is -2.49. The highest BCUT2D eigenvalue weighted by Gasteiger charge is 2.31. The van der Waals surface area contributed by atoms with Crippen molar-refractivity contribution in [1.82, 2.24) is 10.2 Å². The van der Waals surface area contributed by atoms with Crippen molar-refractivity contribution in [1.29, 1.82) is 0 Å². The standard InChI is InChI=1S/C25H34ClN3O5S/c1-6-7-14-27-25(31)19(3)28(16-20-10-8-18(2)9-11-20)24(30)17-29(35(5,32)33)22-15-21(26)12-13-23(22)34-4/h8-13,15,19H,6-7,14,16-17H2,1-5H3,(H,27,31). The number of unbranched alkanes of at least 4 members (excludes halogenated alkanes) is 1. The third kappa shape index (κ3) is 8.14. The van der Waals surface area contributed by atoms with Gasteiger partial charge in [-0.25, -0.2) is 8.42 Å². The molecule has 0 saturated carbocycles. The van der Waals surface area contributed by atoms with E-state index in [9.17, 15) is 18.0 Å². The number of benzene rings is 2. The molecule has 1 unspecified atom stereocenters. The van der Waals surface area contributed by atoms with E-state index >= 15 is 0 Å². The van der Waals surface area contributed by atoms with E-state index in [1.165, 1.54) is 24.1 Å². The SMILES string of the molecule is CCCCNC(=O)C(C)N(Cc1ccc(C)cc1)C(=O)CN(c1cc(Cl)ccc1OC)S(C)(=O)=O. The Balaban J connectivity index is 2.41. The summed E-state index contributed by atoms with van der Waals surface area (Å²) in [5, 5.41) is 3.15. The fraction of sp³-hybridized carbons (Fsp3) is 0.440. The van der Waals surface area contributed by atoms with Crippen molar-refractivity contribution in [3.05, 3.63) is 58.6 Å². The van der Waals surface area contributed by atoms with Crippen molar-refractivity contribution in [3.8, 4) is 5.75 Å². The van der Waals surface area contributed by atoms with Crippen molar-refractivity contribution in [2.24, 2.45) is 0 Å². The van der Waals surface area contributed by atoms with Crippen LogP contribution < -0.4 is 14.4 Å². The van der Waals surface area contributed by atoms with Crippen molar-refractivity contribution in [2.75, 3.05) is 30.8 Å². The number of nitrogens with one attached hydrogen (secondary N) is 1. The molecule has 0 aromatic heterocycles. The quantitative estimate of drug-likeness (QED) is 0.427. The van der Waals surface area contributed by atoms with E-state index in [1.807, 2.05) is 38.1 Å². The Hall–Kier alpha value is -2.78. The number of hydrogen-bond acceptors (Lipinski definition) is 5. The molecule has 1 N–H and O–H groups in total. The Morgan fingerprint density at radius 3 is 2.37 bits per heavy atom. The number of aryl methyl sites for hydroxylation is 1. The van der Waals surface area contributed by atoms with Crippen LogP contribution in [-0.2, 0) is 26.2 Å². The van der Waals surface area contributed by atoms with Gasteiger partial charge < -0.3 is 15.0 Å². The molecule has 0 aliphatic heterocycles. The maximum Gasteiger partial charge on any atom is 0.244 e. The molecule has 35 heavy (non-hydrogen) atoms. The van der Waals surface area contributed by atoms with Crippen molar-refractivity contribution in [3.63, 3.8) is 0 Å². The van der Waals surface area contributed by atoms with E-state index in [0.29, 0.717) is 11.6 Å². The van der Waals surface area contributed by atoms with E-state index < -0.39 is 28.5 Å². The Morgan fingerprint density at radius 1 is 1.14 bits per heavy atom. The van der Waals surface area contributed by atoms with Crippen LogP contribution in [0.1, 0.15) is 37.8 Å². The smallest absolute Gasteiger partial charge is 0.244 e. The Morgan fingerprint density at radius 2 is 1.80 bits per heavy atom. The first-order chi connectivity index (χ1) is 16.5. The van der Waals surface area contributed by atoms with Gasteiger partial charge in [0.2, 0.25) is 21.8 Å². The van der Waals surface area contributed by atoms with Gasteiger partial charge in [0, 0.05) is 18.1 Å². The third-order valence-electron chi connectivity index (χ3n) is 5.56. The van der Waals surface area contributed by atoms with E-state index in [0.717, 1.165) is 34.5 Å². The zero-order chi connectivity index (χ0) is 26.2. The lowest BCUT2D eigenvalue weighted by Crippen LogP contribution is -2.51. The Bertz CT molecular complexity index is 1120. The number of amides is 2. The maximum atomic E-state index is 13.6. The zero-order valence-electron chi connectivity index (χ0n) is 20.9. The summed E-state index contributed by atoms with van der Waals surface area (Å²) >= 11 is 6.11. The highest BCUT2D eigenvalue weighted by Crippen LogP contribution is 2.33. The molecule has 0 heterocycles. The lowest BCUT2D eigenvalue weighted by Gasteiger charge is -2.32. The maximum absolute atomic E-state index is 13.6. The monoisotopic (exact) mass is 523 g/mol. The number of rotatable bonds is 12. The summed E-state index contributed by atoms with van der Waals surface area (Å²) in [4.78, 5) is 27.8. The van der Waals surface area contributed by atoms with Gasteiger partial charge in [-0.2, -0.15) is 0 Å². The number of halogens is 1. The van der Waals surface area contributed by atoms with Crippen molar-refractivity contribution in [2.45, 2.75) is 46.2 Å². The van der Waals surface area contributed by atoms with Crippen LogP contribution in [-0.4, -0.2) is 57.6 Å². The van der Waals surface area contributed by atoms with Crippen LogP contribution >= 0.6 is 11.6 Å². The van der Waals surface area contributed by atoms with Crippen LogP contribution in [0.5, 0.6) is 5.75 Å². The molecule has 2 amide bonds. The van der Waals surface area contributed by atoms with Crippen molar-refractivity contribution >= 4 is 39.1 Å². The normalized spacial score (nSPS) is 12.1. The minimum Gasteiger partial charge on any atom is -0.495 e. The second-order valence-corrected chi connectivity index (χ2v) is 10.8. The molecule has 2 aromatic carbocycles. The number of nitrogens with zero attached hydrogens (tertiary/aromatic N) is 2. The van der Waals surface area contributed by atoms with Crippen LogP contribution in [0.4, 0.5) is 5.69 Å². The van der Waals surface area contributed by atoms with Gasteiger partial charge in [0.05, 0.1) is 19.1 Å². The predicted molar refractivity (Wildman–Crippen MR) is 139 cm³/mol. The molecule has 192 valence electrons. The summed E-state index contributed by atoms with van der Waals surface area (Å²) in [5.41, 5.74) is 2.03. The number of methoxy groups -OCH3 is 1. The van der Waals surface area contributed by atoms with Gasteiger partial charge in [-0.15, -0.1) is 0 Å². The van der Waals surface area contributed by atoms with Crippen LogP contribution in [0, 0.1) is 6.92 Å². The molecule has 2 rings (SSSR count). The summed E-state index contributed by atoms with van der Waals surface area (Å²) in [6.07, 6.45) is 2.75. The number of anilines is 1. The minimum atomic E-state index is -3.89. The van der Waals surface area contributed by atoms with Gasteiger partial charge >= 0.3 is 0 Å². The van der Waals surface area contributed by atoms with E-state index in [2.05, 4.69) is 5.32 Å². The van der Waals surface area contributed by atoms with Crippen LogP contribution in [0.25, 0.3) is 0 Å².